The van der Waals surface area contributed by atoms with Crippen LogP contribution in [0.25, 0.3) is 0 Å². The van der Waals surface area contributed by atoms with Crippen LogP contribution in [-0.4, -0.2) is 34.1 Å². The van der Waals surface area contributed by atoms with Crippen LogP contribution < -0.4 is 4.90 Å². The third-order valence-corrected chi connectivity index (χ3v) is 3.78. The van der Waals surface area contributed by atoms with Crippen molar-refractivity contribution >= 4 is 11.8 Å². The molecule has 0 aromatic carbocycles. The van der Waals surface area contributed by atoms with Gasteiger partial charge in [-0.1, -0.05) is 19.8 Å². The number of nitrogens with zero attached hydrogens (tertiary/aromatic N) is 3. The van der Waals surface area contributed by atoms with E-state index in [9.17, 15) is 4.79 Å². The predicted octanol–water partition coefficient (Wildman–Crippen LogP) is 2.19. The highest BCUT2D eigenvalue weighted by atomic mass is 16.4. The van der Waals surface area contributed by atoms with Gasteiger partial charge >= 0.3 is 5.97 Å². The van der Waals surface area contributed by atoms with E-state index >= 15 is 0 Å². The topological polar surface area (TPSA) is 66.3 Å². The van der Waals surface area contributed by atoms with Crippen molar-refractivity contribution in [1.82, 2.24) is 9.97 Å². The molecule has 0 bridgehead atoms. The second kappa shape index (κ2) is 5.33. The number of hydrogen-bond donors (Lipinski definition) is 1. The van der Waals surface area contributed by atoms with Gasteiger partial charge in [-0.15, -0.1) is 0 Å². The smallest absolute Gasteiger partial charge is 0.356 e. The van der Waals surface area contributed by atoms with Crippen LogP contribution in [0.1, 0.15) is 43.1 Å². The van der Waals surface area contributed by atoms with Gasteiger partial charge in [0.05, 0.1) is 12.4 Å². The lowest BCUT2D eigenvalue weighted by Crippen LogP contribution is -2.39. The van der Waals surface area contributed by atoms with Crippen LogP contribution in [0.15, 0.2) is 12.4 Å². The number of rotatable bonds is 3. The minimum absolute atomic E-state index is 0.0103. The first-order valence-corrected chi connectivity index (χ1v) is 6.37. The number of aromatic carboxylic acids is 1. The molecule has 1 heterocycles. The Kier molecular flexibility index (Phi) is 3.79. The minimum atomic E-state index is -1.04. The molecule has 2 unspecified atom stereocenters. The molecular weight excluding hydrogens is 230 g/mol. The Bertz CT molecular complexity index is 419. The maximum absolute atomic E-state index is 10.7. The van der Waals surface area contributed by atoms with Gasteiger partial charge in [-0.05, 0) is 18.8 Å². The molecule has 1 aromatic heterocycles. The van der Waals surface area contributed by atoms with E-state index in [1.165, 1.54) is 31.9 Å². The van der Waals surface area contributed by atoms with E-state index in [1.54, 1.807) is 6.20 Å². The molecular formula is C13H19N3O2. The molecule has 0 spiro atoms. The summed E-state index contributed by atoms with van der Waals surface area (Å²) in [5, 5.41) is 8.79. The van der Waals surface area contributed by atoms with Gasteiger partial charge in [0.25, 0.3) is 0 Å². The molecule has 0 aliphatic heterocycles. The molecule has 0 radical (unpaired) electrons. The third kappa shape index (κ3) is 2.60. The van der Waals surface area contributed by atoms with Crippen LogP contribution in [0.2, 0.25) is 0 Å². The zero-order chi connectivity index (χ0) is 13.1. The molecule has 2 rings (SSSR count). The van der Waals surface area contributed by atoms with E-state index in [1.807, 2.05) is 7.05 Å². The lowest BCUT2D eigenvalue weighted by atomic mass is 9.85. The average molecular weight is 249 g/mol. The van der Waals surface area contributed by atoms with Crippen molar-refractivity contribution in [3.05, 3.63) is 18.1 Å². The van der Waals surface area contributed by atoms with Crippen molar-refractivity contribution in [2.75, 3.05) is 11.9 Å². The van der Waals surface area contributed by atoms with Gasteiger partial charge in [-0.2, -0.15) is 0 Å². The quantitative estimate of drug-likeness (QED) is 0.889. The summed E-state index contributed by atoms with van der Waals surface area (Å²) in [6.07, 6.45) is 7.83. The number of anilines is 1. The van der Waals surface area contributed by atoms with E-state index in [4.69, 9.17) is 5.11 Å². The fraction of sp³-hybridized carbons (Fsp3) is 0.615. The lowest BCUT2D eigenvalue weighted by molar-refractivity contribution is 0.0690. The molecule has 1 saturated carbocycles. The molecule has 5 heteroatoms. The Morgan fingerprint density at radius 2 is 2.06 bits per heavy atom. The third-order valence-electron chi connectivity index (χ3n) is 3.78. The van der Waals surface area contributed by atoms with Gasteiger partial charge in [0, 0.05) is 13.1 Å². The second-order valence-corrected chi connectivity index (χ2v) is 5.00. The summed E-state index contributed by atoms with van der Waals surface area (Å²) in [7, 11) is 2.01. The van der Waals surface area contributed by atoms with Crippen molar-refractivity contribution in [1.29, 1.82) is 0 Å². The highest BCUT2D eigenvalue weighted by Crippen LogP contribution is 2.29. The first-order chi connectivity index (χ1) is 8.59. The summed E-state index contributed by atoms with van der Waals surface area (Å²) < 4.78 is 0. The lowest BCUT2D eigenvalue weighted by Gasteiger charge is -2.36. The predicted molar refractivity (Wildman–Crippen MR) is 68.8 cm³/mol. The standard InChI is InChI=1S/C13H19N3O2/c1-9-5-3-4-6-11(9)16(2)12-8-14-10(7-15-12)13(17)18/h7-9,11H,3-6H2,1-2H3,(H,17,18). The first-order valence-electron chi connectivity index (χ1n) is 6.37. The molecule has 0 amide bonds. The van der Waals surface area contributed by atoms with Crippen LogP contribution in [0, 0.1) is 5.92 Å². The van der Waals surface area contributed by atoms with Gasteiger partial charge in [0.1, 0.15) is 5.82 Å². The summed E-state index contributed by atoms with van der Waals surface area (Å²) in [6, 6.07) is 0.476. The maximum Gasteiger partial charge on any atom is 0.356 e. The van der Waals surface area contributed by atoms with Crippen molar-refractivity contribution in [2.24, 2.45) is 5.92 Å². The molecule has 98 valence electrons. The fourth-order valence-electron chi connectivity index (χ4n) is 2.66. The molecule has 18 heavy (non-hydrogen) atoms. The molecule has 1 N–H and O–H groups in total. The minimum Gasteiger partial charge on any atom is -0.476 e. The molecule has 1 aliphatic carbocycles. The fourth-order valence-corrected chi connectivity index (χ4v) is 2.66. The zero-order valence-electron chi connectivity index (χ0n) is 10.8. The molecule has 1 fully saturated rings. The highest BCUT2D eigenvalue weighted by molar-refractivity contribution is 5.84. The Labute approximate surface area is 107 Å². The molecule has 1 aromatic rings. The van der Waals surface area contributed by atoms with E-state index in [2.05, 4.69) is 21.8 Å². The van der Waals surface area contributed by atoms with Crippen molar-refractivity contribution < 1.29 is 9.90 Å². The number of carboxylic acids is 1. The first kappa shape index (κ1) is 12.8. The Balaban J connectivity index is 2.12. The summed E-state index contributed by atoms with van der Waals surface area (Å²) in [4.78, 5) is 21.0. The Morgan fingerprint density at radius 3 is 2.61 bits per heavy atom. The van der Waals surface area contributed by atoms with Gasteiger partial charge < -0.3 is 10.0 Å². The van der Waals surface area contributed by atoms with Gasteiger partial charge in [-0.25, -0.2) is 14.8 Å². The van der Waals surface area contributed by atoms with E-state index in [0.29, 0.717) is 12.0 Å². The van der Waals surface area contributed by atoms with E-state index < -0.39 is 5.97 Å². The van der Waals surface area contributed by atoms with E-state index in [0.717, 1.165) is 5.82 Å². The summed E-state index contributed by atoms with van der Waals surface area (Å²) in [5.74, 6) is 0.353. The van der Waals surface area contributed by atoms with Crippen molar-refractivity contribution in [2.45, 2.75) is 38.6 Å². The molecule has 5 nitrogen and oxygen atoms in total. The zero-order valence-corrected chi connectivity index (χ0v) is 10.8. The van der Waals surface area contributed by atoms with E-state index in [-0.39, 0.29) is 5.69 Å². The normalized spacial score (nSPS) is 23.7. The number of carbonyl (C=O) groups is 1. The summed E-state index contributed by atoms with van der Waals surface area (Å²) in [5.41, 5.74) is -0.0103. The van der Waals surface area contributed by atoms with Gasteiger partial charge in [0.15, 0.2) is 5.69 Å². The summed E-state index contributed by atoms with van der Waals surface area (Å²) in [6.45, 7) is 2.26. The molecule has 2 atom stereocenters. The van der Waals surface area contributed by atoms with Crippen LogP contribution in [0.4, 0.5) is 5.82 Å². The highest BCUT2D eigenvalue weighted by Gasteiger charge is 2.25. The average Bonchev–Trinajstić information content (AvgIpc) is 2.38. The molecule has 1 aliphatic rings. The number of hydrogen-bond acceptors (Lipinski definition) is 4. The molecule has 0 saturated heterocycles. The van der Waals surface area contributed by atoms with Crippen LogP contribution in [-0.2, 0) is 0 Å². The Hall–Kier alpha value is -1.65. The summed E-state index contributed by atoms with van der Waals surface area (Å²) >= 11 is 0. The monoisotopic (exact) mass is 249 g/mol. The maximum atomic E-state index is 10.7. The van der Waals surface area contributed by atoms with Crippen molar-refractivity contribution in [3.8, 4) is 0 Å². The van der Waals surface area contributed by atoms with Gasteiger partial charge in [-0.3, -0.25) is 0 Å². The van der Waals surface area contributed by atoms with Crippen molar-refractivity contribution in [3.63, 3.8) is 0 Å². The number of carboxylic acid groups (broad SMARTS) is 1. The van der Waals surface area contributed by atoms with Crippen LogP contribution in [0.5, 0.6) is 0 Å². The van der Waals surface area contributed by atoms with Crippen LogP contribution in [0.3, 0.4) is 0 Å². The number of aromatic nitrogens is 2. The SMILES string of the molecule is CC1CCCCC1N(C)c1cnc(C(=O)O)cn1. The Morgan fingerprint density at radius 1 is 1.33 bits per heavy atom. The second-order valence-electron chi connectivity index (χ2n) is 5.00. The van der Waals surface area contributed by atoms with Gasteiger partial charge in [0.2, 0.25) is 0 Å². The largest absolute Gasteiger partial charge is 0.476 e. The van der Waals surface area contributed by atoms with Crippen LogP contribution >= 0.6 is 0 Å².